The van der Waals surface area contributed by atoms with Gasteiger partial charge in [0.25, 0.3) is 0 Å². The molecule has 0 saturated heterocycles. The zero-order valence-electron chi connectivity index (χ0n) is 9.90. The molecular weight excluding hydrogens is 284 g/mol. The molecule has 0 aromatic heterocycles. The van der Waals surface area contributed by atoms with Crippen LogP contribution in [0.2, 0.25) is 0 Å². The van der Waals surface area contributed by atoms with Crippen molar-refractivity contribution in [3.05, 3.63) is 23.8 Å². The van der Waals surface area contributed by atoms with Crippen molar-refractivity contribution in [1.82, 2.24) is 0 Å². The lowest BCUT2D eigenvalue weighted by Gasteiger charge is -2.09. The Morgan fingerprint density at radius 3 is 2.65 bits per heavy atom. The second kappa shape index (κ2) is 5.08. The van der Waals surface area contributed by atoms with Gasteiger partial charge in [-0.1, -0.05) is 22.9 Å². The van der Waals surface area contributed by atoms with E-state index in [4.69, 9.17) is 9.47 Å². The number of rotatable bonds is 2. The van der Waals surface area contributed by atoms with Gasteiger partial charge in [0.2, 0.25) is 0 Å². The van der Waals surface area contributed by atoms with Crippen LogP contribution in [0.4, 0.5) is 0 Å². The number of hydrogen-bond donors (Lipinski definition) is 0. The largest absolute Gasteiger partial charge is 0.489 e. The standard InChI is InChI=1S/C13H15BrO3/c1-8-6-16-11-4-3-10(13(15)9(2)14)5-12(11)17-7-8/h3-5,8-9H,6-7H2,1-2H3. The molecule has 2 atom stereocenters. The van der Waals surface area contributed by atoms with Crippen LogP contribution in [0, 0.1) is 5.92 Å². The number of Topliss-reactive ketones (excluding diaryl/α,β-unsaturated/α-hetero) is 1. The lowest BCUT2D eigenvalue weighted by molar-refractivity contribution is 0.0995. The maximum atomic E-state index is 11.8. The number of carbonyl (C=O) groups excluding carboxylic acids is 1. The molecule has 0 bridgehead atoms. The highest BCUT2D eigenvalue weighted by atomic mass is 79.9. The van der Waals surface area contributed by atoms with E-state index in [-0.39, 0.29) is 10.6 Å². The molecule has 0 radical (unpaired) electrons. The Kier molecular flexibility index (Phi) is 3.72. The normalized spacial score (nSPS) is 20.5. The van der Waals surface area contributed by atoms with Crippen LogP contribution in [0.25, 0.3) is 0 Å². The Morgan fingerprint density at radius 1 is 1.35 bits per heavy atom. The summed E-state index contributed by atoms with van der Waals surface area (Å²) in [5.41, 5.74) is 0.645. The first-order chi connectivity index (χ1) is 8.08. The van der Waals surface area contributed by atoms with E-state index in [1.54, 1.807) is 18.2 Å². The van der Waals surface area contributed by atoms with Crippen LogP contribution in [0.5, 0.6) is 11.5 Å². The van der Waals surface area contributed by atoms with Gasteiger partial charge in [0, 0.05) is 11.5 Å². The van der Waals surface area contributed by atoms with Crippen molar-refractivity contribution in [3.8, 4) is 11.5 Å². The third-order valence-corrected chi connectivity index (χ3v) is 3.05. The number of fused-ring (bicyclic) bond motifs is 1. The van der Waals surface area contributed by atoms with Gasteiger partial charge in [-0.05, 0) is 25.1 Å². The molecule has 1 aromatic rings. The van der Waals surface area contributed by atoms with Gasteiger partial charge in [-0.15, -0.1) is 0 Å². The van der Waals surface area contributed by atoms with E-state index in [0.29, 0.717) is 36.2 Å². The third kappa shape index (κ3) is 2.80. The summed E-state index contributed by atoms with van der Waals surface area (Å²) >= 11 is 3.28. The molecule has 1 aromatic carbocycles. The molecule has 2 rings (SSSR count). The highest BCUT2D eigenvalue weighted by Gasteiger charge is 2.18. The molecule has 1 heterocycles. The number of ether oxygens (including phenoxy) is 2. The Bertz CT molecular complexity index is 429. The molecule has 0 amide bonds. The van der Waals surface area contributed by atoms with Gasteiger partial charge >= 0.3 is 0 Å². The number of halogens is 1. The van der Waals surface area contributed by atoms with Gasteiger partial charge < -0.3 is 9.47 Å². The summed E-state index contributed by atoms with van der Waals surface area (Å²) in [4.78, 5) is 11.6. The van der Waals surface area contributed by atoms with Crippen LogP contribution in [-0.2, 0) is 0 Å². The first-order valence-electron chi connectivity index (χ1n) is 5.66. The van der Waals surface area contributed by atoms with E-state index in [9.17, 15) is 4.79 Å². The predicted octanol–water partition coefficient (Wildman–Crippen LogP) is 3.06. The van der Waals surface area contributed by atoms with Crippen molar-refractivity contribution in [3.63, 3.8) is 0 Å². The SMILES string of the molecule is CC1COc2ccc(C(=O)C(C)Br)cc2OC1. The van der Waals surface area contributed by atoms with Crippen molar-refractivity contribution in [1.29, 1.82) is 0 Å². The average molecular weight is 299 g/mol. The third-order valence-electron chi connectivity index (χ3n) is 2.64. The Balaban J connectivity index is 2.28. The highest BCUT2D eigenvalue weighted by molar-refractivity contribution is 9.10. The van der Waals surface area contributed by atoms with Gasteiger partial charge in [0.1, 0.15) is 0 Å². The molecule has 1 aliphatic rings. The Hall–Kier alpha value is -1.03. The molecule has 1 aliphatic heterocycles. The fraction of sp³-hybridized carbons (Fsp3) is 0.462. The second-order valence-electron chi connectivity index (χ2n) is 4.37. The zero-order valence-corrected chi connectivity index (χ0v) is 11.5. The van der Waals surface area contributed by atoms with Crippen LogP contribution in [0.1, 0.15) is 24.2 Å². The highest BCUT2D eigenvalue weighted by Crippen LogP contribution is 2.31. The lowest BCUT2D eigenvalue weighted by Crippen LogP contribution is -2.12. The quantitative estimate of drug-likeness (QED) is 0.622. The maximum absolute atomic E-state index is 11.8. The monoisotopic (exact) mass is 298 g/mol. The average Bonchev–Trinajstić information content (AvgIpc) is 2.50. The van der Waals surface area contributed by atoms with Crippen molar-refractivity contribution in [2.24, 2.45) is 5.92 Å². The van der Waals surface area contributed by atoms with Crippen molar-refractivity contribution in [2.45, 2.75) is 18.7 Å². The van der Waals surface area contributed by atoms with Crippen LogP contribution in [-0.4, -0.2) is 23.8 Å². The van der Waals surface area contributed by atoms with E-state index in [1.807, 2.05) is 6.92 Å². The molecular formula is C13H15BrO3. The molecule has 0 spiro atoms. The second-order valence-corrected chi connectivity index (χ2v) is 5.74. The van der Waals surface area contributed by atoms with E-state index in [1.165, 1.54) is 0 Å². The molecule has 0 N–H and O–H groups in total. The molecule has 3 nitrogen and oxygen atoms in total. The number of alkyl halides is 1. The number of carbonyl (C=O) groups is 1. The van der Waals surface area contributed by atoms with Gasteiger partial charge in [-0.25, -0.2) is 0 Å². The van der Waals surface area contributed by atoms with E-state index in [0.717, 1.165) is 0 Å². The fourth-order valence-electron chi connectivity index (χ4n) is 1.64. The molecule has 17 heavy (non-hydrogen) atoms. The smallest absolute Gasteiger partial charge is 0.176 e. The fourth-order valence-corrected chi connectivity index (χ4v) is 1.90. The van der Waals surface area contributed by atoms with E-state index >= 15 is 0 Å². The Morgan fingerprint density at radius 2 is 2.00 bits per heavy atom. The molecule has 4 heteroatoms. The van der Waals surface area contributed by atoms with Gasteiger partial charge in [-0.3, -0.25) is 4.79 Å². The topological polar surface area (TPSA) is 35.5 Å². The molecule has 0 saturated carbocycles. The summed E-state index contributed by atoms with van der Waals surface area (Å²) < 4.78 is 11.2. The molecule has 0 aliphatic carbocycles. The summed E-state index contributed by atoms with van der Waals surface area (Å²) in [6, 6.07) is 5.34. The van der Waals surface area contributed by atoms with E-state index < -0.39 is 0 Å². The summed E-state index contributed by atoms with van der Waals surface area (Å²) in [7, 11) is 0. The number of hydrogen-bond acceptors (Lipinski definition) is 3. The summed E-state index contributed by atoms with van der Waals surface area (Å²) in [6.07, 6.45) is 0. The summed E-state index contributed by atoms with van der Waals surface area (Å²) in [5.74, 6) is 1.78. The summed E-state index contributed by atoms with van der Waals surface area (Å²) in [6.45, 7) is 5.15. The van der Waals surface area contributed by atoms with Crippen molar-refractivity contribution < 1.29 is 14.3 Å². The Labute approximate surface area is 109 Å². The predicted molar refractivity (Wildman–Crippen MR) is 69.3 cm³/mol. The minimum absolute atomic E-state index is 0.0497. The van der Waals surface area contributed by atoms with Crippen LogP contribution >= 0.6 is 15.9 Å². The minimum atomic E-state index is -0.189. The minimum Gasteiger partial charge on any atom is -0.489 e. The van der Waals surface area contributed by atoms with Gasteiger partial charge in [0.15, 0.2) is 17.3 Å². The first-order valence-corrected chi connectivity index (χ1v) is 6.57. The van der Waals surface area contributed by atoms with Crippen molar-refractivity contribution in [2.75, 3.05) is 13.2 Å². The maximum Gasteiger partial charge on any atom is 0.176 e. The van der Waals surface area contributed by atoms with Gasteiger partial charge in [0.05, 0.1) is 18.0 Å². The number of ketones is 1. The molecule has 2 unspecified atom stereocenters. The van der Waals surface area contributed by atoms with Crippen molar-refractivity contribution >= 4 is 21.7 Å². The molecule has 0 fully saturated rings. The van der Waals surface area contributed by atoms with Crippen LogP contribution in [0.15, 0.2) is 18.2 Å². The summed E-state index contributed by atoms with van der Waals surface area (Å²) in [5, 5.41) is 0. The number of benzene rings is 1. The lowest BCUT2D eigenvalue weighted by atomic mass is 10.1. The van der Waals surface area contributed by atoms with Gasteiger partial charge in [-0.2, -0.15) is 0 Å². The van der Waals surface area contributed by atoms with E-state index in [2.05, 4.69) is 22.9 Å². The van der Waals surface area contributed by atoms with Crippen LogP contribution in [0.3, 0.4) is 0 Å². The van der Waals surface area contributed by atoms with Crippen LogP contribution < -0.4 is 9.47 Å². The first kappa shape index (κ1) is 12.4. The molecule has 92 valence electrons. The zero-order chi connectivity index (χ0) is 12.4.